The molecule has 0 amide bonds. The minimum atomic E-state index is -4.79. The van der Waals surface area contributed by atoms with Gasteiger partial charge in [0.15, 0.2) is 25.0 Å². The van der Waals surface area contributed by atoms with E-state index >= 15 is 0 Å². The van der Waals surface area contributed by atoms with Crippen molar-refractivity contribution in [2.75, 3.05) is 6.61 Å². The van der Waals surface area contributed by atoms with Crippen LogP contribution in [0.1, 0.15) is 32.6 Å². The van der Waals surface area contributed by atoms with Gasteiger partial charge in [-0.2, -0.15) is 39.5 Å². The monoisotopic (exact) mass is 654 g/mol. The lowest BCUT2D eigenvalue weighted by atomic mass is 10.5. The molecule has 0 aromatic heterocycles. The zero-order valence-electron chi connectivity index (χ0n) is 23.3. The molecule has 5 nitrogen and oxygen atoms in total. The summed E-state index contributed by atoms with van der Waals surface area (Å²) < 4.78 is 141. The number of hydrogen-bond donors (Lipinski definition) is 0. The van der Waals surface area contributed by atoms with Gasteiger partial charge < -0.3 is 17.1 Å². The lowest BCUT2D eigenvalue weighted by Gasteiger charge is -2.45. The number of carbonyl (C=O) groups excluding carboxylic acids is 1. The van der Waals surface area contributed by atoms with Gasteiger partial charge >= 0.3 is 33.3 Å². The average molecular weight is 655 g/mol. The predicted octanol–water partition coefficient (Wildman–Crippen LogP) is 8.50. The third-order valence-electron chi connectivity index (χ3n) is 5.32. The number of alkyl halides is 9. The van der Waals surface area contributed by atoms with Crippen LogP contribution in [0.3, 0.4) is 0 Å². The largest absolute Gasteiger partial charge is 0.512 e. The van der Waals surface area contributed by atoms with Crippen molar-refractivity contribution in [1.82, 2.24) is 0 Å². The van der Waals surface area contributed by atoms with Crippen LogP contribution in [-0.4, -0.2) is 64.9 Å². The zero-order chi connectivity index (χ0) is 31.1. The van der Waals surface area contributed by atoms with E-state index < -0.39 is 101 Å². The van der Waals surface area contributed by atoms with E-state index in [0.717, 1.165) is 0 Å². The van der Waals surface area contributed by atoms with Crippen LogP contribution in [0.15, 0.2) is 11.8 Å². The van der Waals surface area contributed by atoms with E-state index in [1.165, 1.54) is 39.3 Å². The molecule has 232 valence electrons. The predicted molar refractivity (Wildman–Crippen MR) is 138 cm³/mol. The normalized spacial score (nSPS) is 14.5. The first kappa shape index (κ1) is 38.3. The SMILES string of the molecule is C=C(C(=O)OCCC)[Si](O[Si](C)(C)CCC(F)(F)F)(O[Si](C)(C)CCC(F)(F)F)O[Si](C)(C)CCC(F)(F)F. The topological polar surface area (TPSA) is 54.0 Å². The highest BCUT2D eigenvalue weighted by molar-refractivity contribution is 6.95. The second kappa shape index (κ2) is 14.0. The van der Waals surface area contributed by atoms with Crippen molar-refractivity contribution in [2.24, 2.45) is 0 Å². The van der Waals surface area contributed by atoms with Gasteiger partial charge in [-0.05, 0) is 63.8 Å². The number of esters is 1. The Bertz CT molecular complexity index is 734. The van der Waals surface area contributed by atoms with Crippen LogP contribution < -0.4 is 0 Å². The molecule has 0 aliphatic heterocycles. The molecule has 39 heavy (non-hydrogen) atoms. The fourth-order valence-electron chi connectivity index (χ4n) is 3.23. The van der Waals surface area contributed by atoms with Crippen molar-refractivity contribution in [3.05, 3.63) is 11.8 Å². The van der Waals surface area contributed by atoms with Crippen LogP contribution in [0, 0.1) is 0 Å². The maximum atomic E-state index is 13.0. The Labute approximate surface area is 228 Å². The van der Waals surface area contributed by atoms with E-state index in [2.05, 4.69) is 6.58 Å². The number of ether oxygens (including phenoxy) is 1. The van der Waals surface area contributed by atoms with Crippen LogP contribution in [0.2, 0.25) is 57.4 Å². The third kappa shape index (κ3) is 17.0. The fourth-order valence-corrected chi connectivity index (χ4v) is 19.3. The summed E-state index contributed by atoms with van der Waals surface area (Å²) in [6.07, 6.45) is -17.1. The van der Waals surface area contributed by atoms with Gasteiger partial charge in [0, 0.05) is 19.3 Å². The smallest absolute Gasteiger partial charge is 0.462 e. The maximum absolute atomic E-state index is 13.0. The first-order valence-corrected chi connectivity index (χ1v) is 23.4. The quantitative estimate of drug-likeness (QED) is 0.0723. The number of hydrogen-bond acceptors (Lipinski definition) is 5. The summed E-state index contributed by atoms with van der Waals surface area (Å²) in [5, 5.41) is -0.552. The molecule has 0 radical (unpaired) electrons. The van der Waals surface area contributed by atoms with Crippen molar-refractivity contribution in [2.45, 2.75) is 109 Å². The molecule has 0 N–H and O–H groups in total. The summed E-state index contributed by atoms with van der Waals surface area (Å²) in [7, 11) is -15.2. The molecule has 0 aromatic carbocycles. The highest BCUT2D eigenvalue weighted by Gasteiger charge is 2.58. The van der Waals surface area contributed by atoms with Crippen molar-refractivity contribution in [1.29, 1.82) is 0 Å². The second-order valence-corrected chi connectivity index (χ2v) is 27.3. The minimum Gasteiger partial charge on any atom is -0.462 e. The molecule has 0 fully saturated rings. The molecule has 0 aliphatic carbocycles. The van der Waals surface area contributed by atoms with Gasteiger partial charge in [0.2, 0.25) is 0 Å². The van der Waals surface area contributed by atoms with Gasteiger partial charge in [0.1, 0.15) is 0 Å². The van der Waals surface area contributed by atoms with Gasteiger partial charge in [-0.1, -0.05) is 13.5 Å². The van der Waals surface area contributed by atoms with Crippen LogP contribution in [0.25, 0.3) is 0 Å². The average Bonchev–Trinajstić information content (AvgIpc) is 2.70. The van der Waals surface area contributed by atoms with Gasteiger partial charge in [-0.15, -0.1) is 0 Å². The minimum absolute atomic E-state index is 0.0962. The third-order valence-corrected chi connectivity index (χ3v) is 20.5. The van der Waals surface area contributed by atoms with Crippen molar-refractivity contribution >= 4 is 39.7 Å². The first-order valence-electron chi connectivity index (χ1n) is 12.3. The Hall–Kier alpha value is -0.672. The van der Waals surface area contributed by atoms with Crippen molar-refractivity contribution in [3.63, 3.8) is 0 Å². The molecule has 0 bridgehead atoms. The molecule has 0 unspecified atom stereocenters. The zero-order valence-corrected chi connectivity index (χ0v) is 27.3. The molecule has 0 aliphatic rings. The number of carbonyl (C=O) groups is 1. The van der Waals surface area contributed by atoms with Gasteiger partial charge in [-0.3, -0.25) is 0 Å². The van der Waals surface area contributed by atoms with E-state index in [1.807, 2.05) is 0 Å². The molecule has 0 atom stereocenters. The van der Waals surface area contributed by atoms with Crippen molar-refractivity contribution in [3.8, 4) is 0 Å². The number of rotatable bonds is 16. The van der Waals surface area contributed by atoms with Crippen LogP contribution in [0.4, 0.5) is 39.5 Å². The molecule has 0 rings (SSSR count). The van der Waals surface area contributed by atoms with Gasteiger partial charge in [-0.25, -0.2) is 4.79 Å². The second-order valence-electron chi connectivity index (χ2n) is 11.1. The Balaban J connectivity index is 6.77. The Kier molecular flexibility index (Phi) is 13.8. The summed E-state index contributed by atoms with van der Waals surface area (Å²) >= 11 is 0. The Morgan fingerprint density at radius 2 is 0.923 bits per heavy atom. The summed E-state index contributed by atoms with van der Waals surface area (Å²) in [5.74, 6) is -1.09. The molecule has 0 spiro atoms. The number of halogens is 9. The van der Waals surface area contributed by atoms with Gasteiger partial charge in [0.25, 0.3) is 0 Å². The summed E-state index contributed by atoms with van der Waals surface area (Å²) in [6, 6.07) is -1.57. The summed E-state index contributed by atoms with van der Waals surface area (Å²) in [6.45, 7) is 13.5. The molecule has 0 aromatic rings. The molecule has 18 heteroatoms. The fraction of sp³-hybridized carbons (Fsp3) is 0.857. The molecule has 0 saturated carbocycles. The molecular formula is C21H39F9O5Si4. The van der Waals surface area contributed by atoms with Crippen LogP contribution in [-0.2, 0) is 21.9 Å². The molecule has 0 saturated heterocycles. The Morgan fingerprint density at radius 1 is 0.641 bits per heavy atom. The highest BCUT2D eigenvalue weighted by atomic mass is 28.5. The summed E-state index contributed by atoms with van der Waals surface area (Å²) in [5.41, 5.74) is 0. The van der Waals surface area contributed by atoms with Gasteiger partial charge in [0.05, 0.1) is 11.8 Å². The summed E-state index contributed by atoms with van der Waals surface area (Å²) in [4.78, 5) is 12.9. The van der Waals surface area contributed by atoms with E-state index in [1.54, 1.807) is 6.92 Å². The standard InChI is InChI=1S/C21H39F9O5Si4/c1-9-13-32-18(31)17(2)39(33-36(3,4)14-10-19(22,23)24,34-37(5,6)15-11-20(25,26)27)35-38(7,8)16-12-21(28,29)30/h2,9-16H2,1,3-8H3. The first-order chi connectivity index (χ1) is 17.1. The van der Waals surface area contributed by atoms with Crippen LogP contribution >= 0.6 is 0 Å². The van der Waals surface area contributed by atoms with E-state index in [-0.39, 0.29) is 6.61 Å². The lowest BCUT2D eigenvalue weighted by Crippen LogP contribution is -2.64. The van der Waals surface area contributed by atoms with E-state index in [4.69, 9.17) is 17.1 Å². The Morgan fingerprint density at radius 3 is 1.15 bits per heavy atom. The van der Waals surface area contributed by atoms with Crippen molar-refractivity contribution < 1.29 is 61.4 Å². The molecular weight excluding hydrogens is 616 g/mol. The maximum Gasteiger partial charge on any atom is 0.512 e. The van der Waals surface area contributed by atoms with E-state index in [9.17, 15) is 44.3 Å². The molecule has 0 heterocycles. The van der Waals surface area contributed by atoms with Crippen LogP contribution in [0.5, 0.6) is 0 Å². The van der Waals surface area contributed by atoms with E-state index in [0.29, 0.717) is 6.42 Å². The highest BCUT2D eigenvalue weighted by Crippen LogP contribution is 2.38. The lowest BCUT2D eigenvalue weighted by molar-refractivity contribution is -0.139.